The van der Waals surface area contributed by atoms with E-state index in [1.807, 2.05) is 79.8 Å². The number of aliphatic hydroxyl groups excluding tert-OH is 2. The van der Waals surface area contributed by atoms with Crippen LogP contribution in [0.2, 0.25) is 0 Å². The van der Waals surface area contributed by atoms with Crippen molar-refractivity contribution in [2.24, 2.45) is 0 Å². The summed E-state index contributed by atoms with van der Waals surface area (Å²) in [5.41, 5.74) is 2.95. The van der Waals surface area contributed by atoms with Gasteiger partial charge in [0, 0.05) is 25.7 Å². The Morgan fingerprint density at radius 2 is 1.30 bits per heavy atom. The summed E-state index contributed by atoms with van der Waals surface area (Å²) in [7, 11) is 1.91. The molecule has 0 fully saturated rings. The second-order valence-corrected chi connectivity index (χ2v) is 8.46. The Balaban J connectivity index is 1.68. The van der Waals surface area contributed by atoms with Gasteiger partial charge in [-0.05, 0) is 49.2 Å². The van der Waals surface area contributed by atoms with E-state index in [0.29, 0.717) is 19.7 Å². The fourth-order valence-corrected chi connectivity index (χ4v) is 3.90. The van der Waals surface area contributed by atoms with Crippen LogP contribution in [0, 0.1) is 0 Å². The summed E-state index contributed by atoms with van der Waals surface area (Å²) in [6.45, 7) is 4.48. The van der Waals surface area contributed by atoms with Crippen molar-refractivity contribution in [1.82, 2.24) is 10.2 Å². The highest BCUT2D eigenvalue weighted by Crippen LogP contribution is 2.22. The number of nitrogens with zero attached hydrogens (tertiary/aromatic N) is 1. The SMILES string of the molecule is CNCCOc1ccc(C[C@@H](C)N(C[C@H](O)c2ccccc2)C[C@H](O)c2ccccc2)cc1. The maximum absolute atomic E-state index is 10.9. The Morgan fingerprint density at radius 3 is 1.79 bits per heavy atom. The van der Waals surface area contributed by atoms with Gasteiger partial charge >= 0.3 is 0 Å². The average molecular weight is 449 g/mol. The van der Waals surface area contributed by atoms with E-state index < -0.39 is 12.2 Å². The Morgan fingerprint density at radius 1 is 0.788 bits per heavy atom. The Hall–Kier alpha value is -2.70. The van der Waals surface area contributed by atoms with Crippen LogP contribution >= 0.6 is 0 Å². The van der Waals surface area contributed by atoms with Crippen molar-refractivity contribution in [3.05, 3.63) is 102 Å². The zero-order chi connectivity index (χ0) is 23.5. The first kappa shape index (κ1) is 24.9. The number of likely N-dealkylation sites (N-methyl/N-ethyl adjacent to an activating group) is 1. The van der Waals surface area contributed by atoms with Crippen LogP contribution in [0.25, 0.3) is 0 Å². The summed E-state index contributed by atoms with van der Waals surface area (Å²) in [5, 5.41) is 24.8. The lowest BCUT2D eigenvalue weighted by Crippen LogP contribution is -2.40. The minimum Gasteiger partial charge on any atom is -0.492 e. The number of benzene rings is 3. The van der Waals surface area contributed by atoms with Gasteiger partial charge in [0.05, 0.1) is 12.2 Å². The van der Waals surface area contributed by atoms with Crippen LogP contribution in [-0.2, 0) is 6.42 Å². The number of rotatable bonds is 13. The molecule has 0 aliphatic heterocycles. The zero-order valence-electron chi connectivity index (χ0n) is 19.6. The highest BCUT2D eigenvalue weighted by molar-refractivity contribution is 5.28. The van der Waals surface area contributed by atoms with Crippen LogP contribution in [0.4, 0.5) is 0 Å². The van der Waals surface area contributed by atoms with E-state index in [-0.39, 0.29) is 6.04 Å². The van der Waals surface area contributed by atoms with Crippen LogP contribution in [0.15, 0.2) is 84.9 Å². The lowest BCUT2D eigenvalue weighted by atomic mass is 10.0. The third-order valence-corrected chi connectivity index (χ3v) is 5.88. The molecule has 5 nitrogen and oxygen atoms in total. The third-order valence-electron chi connectivity index (χ3n) is 5.88. The molecule has 3 aromatic carbocycles. The molecule has 0 amide bonds. The molecule has 33 heavy (non-hydrogen) atoms. The van der Waals surface area contributed by atoms with Crippen LogP contribution in [0.1, 0.15) is 35.8 Å². The van der Waals surface area contributed by atoms with E-state index in [2.05, 4.69) is 29.3 Å². The summed E-state index contributed by atoms with van der Waals surface area (Å²) in [6.07, 6.45) is -0.445. The molecule has 3 atom stereocenters. The largest absolute Gasteiger partial charge is 0.492 e. The summed E-state index contributed by atoms with van der Waals surface area (Å²) in [6, 6.07) is 27.7. The fraction of sp³-hybridized carbons (Fsp3) is 0.357. The van der Waals surface area contributed by atoms with Crippen molar-refractivity contribution in [2.75, 3.05) is 33.3 Å². The quantitative estimate of drug-likeness (QED) is 0.345. The van der Waals surface area contributed by atoms with Gasteiger partial charge in [-0.15, -0.1) is 0 Å². The normalized spacial score (nSPS) is 14.1. The Bertz CT molecular complexity index is 871. The summed E-state index contributed by atoms with van der Waals surface area (Å²) >= 11 is 0. The van der Waals surface area contributed by atoms with Crippen LogP contribution in [0.5, 0.6) is 5.75 Å². The fourth-order valence-electron chi connectivity index (χ4n) is 3.90. The molecule has 0 aromatic heterocycles. The average Bonchev–Trinajstić information content (AvgIpc) is 2.85. The molecule has 3 aromatic rings. The van der Waals surface area contributed by atoms with Gasteiger partial charge in [-0.2, -0.15) is 0 Å². The number of hydrogen-bond acceptors (Lipinski definition) is 5. The lowest BCUT2D eigenvalue weighted by molar-refractivity contribution is 0.0480. The van der Waals surface area contributed by atoms with Gasteiger partial charge in [0.25, 0.3) is 0 Å². The molecule has 0 saturated carbocycles. The number of ether oxygens (including phenoxy) is 1. The number of hydrogen-bond donors (Lipinski definition) is 3. The summed E-state index contributed by atoms with van der Waals surface area (Å²) < 4.78 is 5.72. The van der Waals surface area contributed by atoms with Gasteiger partial charge in [-0.25, -0.2) is 0 Å². The molecular formula is C28H36N2O3. The van der Waals surface area contributed by atoms with Crippen molar-refractivity contribution in [1.29, 1.82) is 0 Å². The smallest absolute Gasteiger partial charge is 0.119 e. The Kier molecular flexibility index (Phi) is 9.91. The minimum atomic E-state index is -0.625. The van der Waals surface area contributed by atoms with Gasteiger partial charge in [0.15, 0.2) is 0 Å². The second-order valence-electron chi connectivity index (χ2n) is 8.46. The van der Waals surface area contributed by atoms with E-state index in [9.17, 15) is 10.2 Å². The van der Waals surface area contributed by atoms with E-state index in [1.165, 1.54) is 5.56 Å². The molecule has 0 saturated heterocycles. The van der Waals surface area contributed by atoms with Crippen molar-refractivity contribution in [2.45, 2.75) is 31.6 Å². The van der Waals surface area contributed by atoms with Gasteiger partial charge in [0.1, 0.15) is 12.4 Å². The topological polar surface area (TPSA) is 65.0 Å². The molecule has 0 bridgehead atoms. The zero-order valence-corrected chi connectivity index (χ0v) is 19.6. The number of aliphatic hydroxyl groups is 2. The van der Waals surface area contributed by atoms with Crippen molar-refractivity contribution in [3.63, 3.8) is 0 Å². The van der Waals surface area contributed by atoms with E-state index in [0.717, 1.165) is 29.8 Å². The predicted molar refractivity (Wildman–Crippen MR) is 133 cm³/mol. The van der Waals surface area contributed by atoms with Crippen LogP contribution in [0.3, 0.4) is 0 Å². The van der Waals surface area contributed by atoms with Gasteiger partial charge < -0.3 is 20.3 Å². The first-order valence-corrected chi connectivity index (χ1v) is 11.6. The molecule has 3 rings (SSSR count). The molecule has 5 heteroatoms. The molecular weight excluding hydrogens is 412 g/mol. The molecule has 0 radical (unpaired) electrons. The van der Waals surface area contributed by atoms with Gasteiger partial charge in [-0.1, -0.05) is 72.8 Å². The highest BCUT2D eigenvalue weighted by Gasteiger charge is 2.22. The molecule has 0 spiro atoms. The first-order valence-electron chi connectivity index (χ1n) is 11.6. The van der Waals surface area contributed by atoms with E-state index >= 15 is 0 Å². The van der Waals surface area contributed by atoms with Gasteiger partial charge in [0.2, 0.25) is 0 Å². The monoisotopic (exact) mass is 448 g/mol. The predicted octanol–water partition coefficient (Wildman–Crippen LogP) is 3.99. The maximum Gasteiger partial charge on any atom is 0.119 e. The minimum absolute atomic E-state index is 0.123. The van der Waals surface area contributed by atoms with Crippen molar-refractivity contribution < 1.29 is 14.9 Å². The molecule has 176 valence electrons. The first-order chi connectivity index (χ1) is 16.1. The summed E-state index contributed by atoms with van der Waals surface area (Å²) in [5.74, 6) is 0.859. The van der Waals surface area contributed by atoms with Crippen LogP contribution < -0.4 is 10.1 Å². The van der Waals surface area contributed by atoms with Crippen molar-refractivity contribution >= 4 is 0 Å². The van der Waals surface area contributed by atoms with Gasteiger partial charge in [-0.3, -0.25) is 4.90 Å². The van der Waals surface area contributed by atoms with E-state index in [1.54, 1.807) is 0 Å². The Labute approximate surface area is 197 Å². The number of nitrogens with one attached hydrogen (secondary N) is 1. The van der Waals surface area contributed by atoms with Crippen LogP contribution in [-0.4, -0.2) is 54.4 Å². The van der Waals surface area contributed by atoms with Crippen molar-refractivity contribution in [3.8, 4) is 5.75 Å². The molecule has 0 unspecified atom stereocenters. The molecule has 3 N–H and O–H groups in total. The molecule has 0 aliphatic carbocycles. The van der Waals surface area contributed by atoms with E-state index in [4.69, 9.17) is 4.74 Å². The molecule has 0 aliphatic rings. The lowest BCUT2D eigenvalue weighted by Gasteiger charge is -2.33. The molecule has 0 heterocycles. The maximum atomic E-state index is 10.9. The second kappa shape index (κ2) is 13.1. The highest BCUT2D eigenvalue weighted by atomic mass is 16.5. The third kappa shape index (κ3) is 7.98. The standard InChI is InChI=1S/C28H36N2O3/c1-22(19-23-13-15-26(16-14-23)33-18-17-29-2)30(20-27(31)24-9-5-3-6-10-24)21-28(32)25-11-7-4-8-12-25/h3-16,22,27-29,31-32H,17-21H2,1-2H3/t22-,27+,28+/m1/s1. The summed E-state index contributed by atoms with van der Waals surface area (Å²) in [4.78, 5) is 2.17.